The van der Waals surface area contributed by atoms with Gasteiger partial charge < -0.3 is 33.8 Å². The minimum atomic E-state index is -4.96. The molecular formula is C85H166O17P2. The first-order chi connectivity index (χ1) is 50.6. The van der Waals surface area contributed by atoms with Gasteiger partial charge in [-0.25, -0.2) is 9.13 Å². The Morgan fingerprint density at radius 2 is 0.462 bits per heavy atom. The van der Waals surface area contributed by atoms with Crippen molar-refractivity contribution >= 4 is 39.5 Å². The van der Waals surface area contributed by atoms with Gasteiger partial charge in [-0.1, -0.05) is 407 Å². The van der Waals surface area contributed by atoms with Gasteiger partial charge in [0.25, 0.3) is 0 Å². The van der Waals surface area contributed by atoms with Gasteiger partial charge >= 0.3 is 39.5 Å². The van der Waals surface area contributed by atoms with Gasteiger partial charge in [0, 0.05) is 25.7 Å². The van der Waals surface area contributed by atoms with E-state index in [9.17, 15) is 43.2 Å². The number of phosphoric acid groups is 2. The lowest BCUT2D eigenvalue weighted by atomic mass is 10.00. The van der Waals surface area contributed by atoms with Crippen LogP contribution in [0.15, 0.2) is 0 Å². The summed E-state index contributed by atoms with van der Waals surface area (Å²) < 4.78 is 68.8. The average Bonchev–Trinajstić information content (AvgIpc) is 0.905. The highest BCUT2D eigenvalue weighted by Crippen LogP contribution is 2.45. The number of carbonyl (C=O) groups is 4. The van der Waals surface area contributed by atoms with E-state index in [1.54, 1.807) is 0 Å². The van der Waals surface area contributed by atoms with Crippen molar-refractivity contribution in [2.24, 2.45) is 5.92 Å². The van der Waals surface area contributed by atoms with Crippen molar-refractivity contribution in [3.63, 3.8) is 0 Å². The van der Waals surface area contributed by atoms with E-state index >= 15 is 0 Å². The average molecular weight is 1520 g/mol. The molecule has 0 fully saturated rings. The van der Waals surface area contributed by atoms with E-state index in [-0.39, 0.29) is 25.7 Å². The van der Waals surface area contributed by atoms with Crippen LogP contribution in [-0.2, 0) is 65.4 Å². The summed E-state index contributed by atoms with van der Waals surface area (Å²) in [6, 6.07) is 0. The van der Waals surface area contributed by atoms with Crippen LogP contribution in [0.4, 0.5) is 0 Å². The van der Waals surface area contributed by atoms with E-state index in [1.165, 1.54) is 276 Å². The normalized spacial score (nSPS) is 14.0. The molecule has 0 aliphatic rings. The van der Waals surface area contributed by atoms with Crippen LogP contribution in [0.2, 0.25) is 0 Å². The third-order valence-electron chi connectivity index (χ3n) is 20.4. The topological polar surface area (TPSA) is 237 Å². The summed E-state index contributed by atoms with van der Waals surface area (Å²) in [6.07, 6.45) is 70.9. The van der Waals surface area contributed by atoms with Crippen molar-refractivity contribution < 1.29 is 80.2 Å². The Labute approximate surface area is 638 Å². The lowest BCUT2D eigenvalue weighted by Crippen LogP contribution is -2.30. The fourth-order valence-corrected chi connectivity index (χ4v) is 14.8. The van der Waals surface area contributed by atoms with Crippen LogP contribution < -0.4 is 0 Å². The molecule has 0 aromatic carbocycles. The van der Waals surface area contributed by atoms with Crippen LogP contribution in [0.5, 0.6) is 0 Å². The second-order valence-corrected chi connectivity index (χ2v) is 33.7. The summed E-state index contributed by atoms with van der Waals surface area (Å²) >= 11 is 0. The summed E-state index contributed by atoms with van der Waals surface area (Å²) in [5.41, 5.74) is 0. The molecule has 3 unspecified atom stereocenters. The standard InChI is InChI=1S/C85H166O17P2/c1-6-10-13-16-19-22-25-28-31-33-35-36-37-38-40-42-45-48-51-54-61-66-71-84(89)101-80(74-95-82(87)68-63-58-52-49-46-44-41-39-34-32-29-26-23-20-17-14-11-7-2)76-99-103(91,92)97-72-79(86)73-98-104(93,94)100-77-81(75-96-83(88)69-64-59-56-55-57-62-67-78(5)9-4)102-85(90)70-65-60-53-50-47-43-30-27-24-21-18-15-12-8-3/h78-81,86H,6-77H2,1-5H3,(H,91,92)(H,93,94)/t78?,79-,80-,81-/m1/s1. The number of hydrogen-bond donors (Lipinski definition) is 3. The number of aliphatic hydroxyl groups is 1. The maximum atomic E-state index is 13.1. The zero-order valence-corrected chi connectivity index (χ0v) is 70.0. The van der Waals surface area contributed by atoms with Gasteiger partial charge in [0.05, 0.1) is 26.4 Å². The molecule has 0 spiro atoms. The van der Waals surface area contributed by atoms with Gasteiger partial charge in [0.2, 0.25) is 0 Å². The molecule has 19 heteroatoms. The van der Waals surface area contributed by atoms with Gasteiger partial charge in [-0.15, -0.1) is 0 Å². The predicted octanol–water partition coefficient (Wildman–Crippen LogP) is 26.0. The van der Waals surface area contributed by atoms with Gasteiger partial charge in [-0.05, 0) is 31.6 Å². The molecule has 104 heavy (non-hydrogen) atoms. The minimum Gasteiger partial charge on any atom is -0.462 e. The lowest BCUT2D eigenvalue weighted by molar-refractivity contribution is -0.161. The highest BCUT2D eigenvalue weighted by Gasteiger charge is 2.30. The van der Waals surface area contributed by atoms with E-state index in [2.05, 4.69) is 34.6 Å². The fourth-order valence-electron chi connectivity index (χ4n) is 13.3. The number of hydrogen-bond acceptors (Lipinski definition) is 15. The zero-order chi connectivity index (χ0) is 76.2. The summed E-state index contributed by atoms with van der Waals surface area (Å²) in [5.74, 6) is -1.37. The van der Waals surface area contributed by atoms with E-state index in [4.69, 9.17) is 37.0 Å². The highest BCUT2D eigenvalue weighted by atomic mass is 31.2. The molecule has 0 saturated heterocycles. The molecule has 0 saturated carbocycles. The largest absolute Gasteiger partial charge is 0.472 e. The Kier molecular flexibility index (Phi) is 76.3. The molecule has 3 N–H and O–H groups in total. The Morgan fingerprint density at radius 3 is 0.683 bits per heavy atom. The monoisotopic (exact) mass is 1520 g/mol. The number of aliphatic hydroxyl groups excluding tert-OH is 1. The first kappa shape index (κ1) is 102. The molecular weight excluding hydrogens is 1350 g/mol. The molecule has 0 heterocycles. The summed E-state index contributed by atoms with van der Waals surface area (Å²) in [6.45, 7) is 7.31. The number of phosphoric ester groups is 2. The second kappa shape index (κ2) is 77.8. The molecule has 0 rings (SSSR count). The van der Waals surface area contributed by atoms with Crippen LogP contribution in [0.25, 0.3) is 0 Å². The molecule has 0 amide bonds. The maximum absolute atomic E-state index is 13.1. The third-order valence-corrected chi connectivity index (χ3v) is 22.3. The van der Waals surface area contributed by atoms with Crippen LogP contribution >= 0.6 is 15.6 Å². The smallest absolute Gasteiger partial charge is 0.462 e. The first-order valence-corrected chi connectivity index (χ1v) is 47.2. The van der Waals surface area contributed by atoms with E-state index in [0.29, 0.717) is 25.7 Å². The predicted molar refractivity (Wildman–Crippen MR) is 428 cm³/mol. The molecule has 0 bridgehead atoms. The van der Waals surface area contributed by atoms with Gasteiger partial charge in [0.1, 0.15) is 19.3 Å². The maximum Gasteiger partial charge on any atom is 0.472 e. The molecule has 0 aliphatic heterocycles. The lowest BCUT2D eigenvalue weighted by Gasteiger charge is -2.21. The number of unbranched alkanes of at least 4 members (excludes halogenated alkanes) is 56. The Morgan fingerprint density at radius 1 is 0.269 bits per heavy atom. The molecule has 0 aliphatic carbocycles. The SMILES string of the molecule is CCCCCCCCCCCCCCCCCCCCCCCCC(=O)O[C@H](COC(=O)CCCCCCCCCCCCCCCCCCCC)COP(=O)(O)OC[C@@H](O)COP(=O)(O)OC[C@@H](COC(=O)CCCCCCCCC(C)CC)OC(=O)CCCCCCCCCCCCCCCC. The van der Waals surface area contributed by atoms with Crippen molar-refractivity contribution in [3.8, 4) is 0 Å². The number of esters is 4. The fraction of sp³-hybridized carbons (Fsp3) is 0.953. The Bertz CT molecular complexity index is 1980. The Balaban J connectivity index is 5.21. The van der Waals surface area contributed by atoms with Crippen molar-refractivity contribution in [2.45, 2.75) is 477 Å². The van der Waals surface area contributed by atoms with E-state index in [0.717, 1.165) is 102 Å². The number of ether oxygens (including phenoxy) is 4. The van der Waals surface area contributed by atoms with Crippen molar-refractivity contribution in [1.29, 1.82) is 0 Å². The quantitative estimate of drug-likeness (QED) is 0.0222. The van der Waals surface area contributed by atoms with Gasteiger partial charge in [-0.3, -0.25) is 37.3 Å². The third kappa shape index (κ3) is 76.8. The molecule has 6 atom stereocenters. The van der Waals surface area contributed by atoms with Crippen LogP contribution in [-0.4, -0.2) is 96.7 Å². The molecule has 0 radical (unpaired) electrons. The van der Waals surface area contributed by atoms with Crippen LogP contribution in [0, 0.1) is 5.92 Å². The minimum absolute atomic E-state index is 0.108. The molecule has 0 aromatic heterocycles. The summed E-state index contributed by atoms with van der Waals surface area (Å²) in [5, 5.41) is 10.7. The Hall–Kier alpha value is -1.94. The first-order valence-electron chi connectivity index (χ1n) is 44.2. The van der Waals surface area contributed by atoms with Crippen molar-refractivity contribution in [3.05, 3.63) is 0 Å². The molecule has 618 valence electrons. The van der Waals surface area contributed by atoms with Gasteiger partial charge in [0.15, 0.2) is 12.2 Å². The molecule has 0 aromatic rings. The summed E-state index contributed by atoms with van der Waals surface area (Å²) in [7, 11) is -9.92. The molecule has 17 nitrogen and oxygen atoms in total. The zero-order valence-electron chi connectivity index (χ0n) is 68.2. The van der Waals surface area contributed by atoms with E-state index in [1.807, 2.05) is 0 Å². The highest BCUT2D eigenvalue weighted by molar-refractivity contribution is 7.47. The summed E-state index contributed by atoms with van der Waals surface area (Å²) in [4.78, 5) is 73.1. The van der Waals surface area contributed by atoms with Crippen molar-refractivity contribution in [1.82, 2.24) is 0 Å². The van der Waals surface area contributed by atoms with E-state index < -0.39 is 97.5 Å². The van der Waals surface area contributed by atoms with Crippen molar-refractivity contribution in [2.75, 3.05) is 39.6 Å². The van der Waals surface area contributed by atoms with Crippen LogP contribution in [0.1, 0.15) is 458 Å². The number of rotatable bonds is 85. The second-order valence-electron chi connectivity index (χ2n) is 30.8. The van der Waals surface area contributed by atoms with Crippen LogP contribution in [0.3, 0.4) is 0 Å². The van der Waals surface area contributed by atoms with Gasteiger partial charge in [-0.2, -0.15) is 0 Å². The number of carbonyl (C=O) groups excluding carboxylic acids is 4.